The molecule has 0 radical (unpaired) electrons. The van der Waals surface area contributed by atoms with Gasteiger partial charge in [0, 0.05) is 12.2 Å². The summed E-state index contributed by atoms with van der Waals surface area (Å²) in [4.78, 5) is 23.1. The molecule has 1 aliphatic heterocycles. The molecule has 1 aliphatic rings. The van der Waals surface area contributed by atoms with E-state index in [1.807, 2.05) is 26.0 Å². The van der Waals surface area contributed by atoms with E-state index in [0.29, 0.717) is 12.2 Å². The first kappa shape index (κ1) is 18.3. The Bertz CT molecular complexity index is 527. The van der Waals surface area contributed by atoms with Gasteiger partial charge in [-0.1, -0.05) is 12.1 Å². The van der Waals surface area contributed by atoms with Gasteiger partial charge in [0.05, 0.1) is 11.5 Å². The summed E-state index contributed by atoms with van der Waals surface area (Å²) in [6, 6.07) is 6.59. The number of primary amides is 1. The van der Waals surface area contributed by atoms with Crippen LogP contribution in [0.5, 0.6) is 0 Å². The zero-order chi connectivity index (χ0) is 15.5. The quantitative estimate of drug-likeness (QED) is 0.679. The second-order valence-corrected chi connectivity index (χ2v) is 5.79. The van der Waals surface area contributed by atoms with Crippen molar-refractivity contribution in [1.29, 1.82) is 0 Å². The summed E-state index contributed by atoms with van der Waals surface area (Å²) >= 11 is 0. The fourth-order valence-electron chi connectivity index (χ4n) is 2.46. The van der Waals surface area contributed by atoms with Gasteiger partial charge in [0.25, 0.3) is 0 Å². The van der Waals surface area contributed by atoms with E-state index in [9.17, 15) is 9.59 Å². The number of anilines is 1. The SMILES string of the molecule is CC(NC(=O)C1(C)CCNC1)c1ccc(NC(N)=O)cc1.Cl. The van der Waals surface area contributed by atoms with Gasteiger partial charge in [-0.3, -0.25) is 4.79 Å². The van der Waals surface area contributed by atoms with E-state index < -0.39 is 6.03 Å². The number of carbonyl (C=O) groups is 2. The zero-order valence-electron chi connectivity index (χ0n) is 12.8. The topological polar surface area (TPSA) is 96.2 Å². The Balaban J connectivity index is 0.00000242. The molecule has 1 saturated heterocycles. The molecule has 3 amide bonds. The van der Waals surface area contributed by atoms with Crippen LogP contribution < -0.4 is 21.7 Å². The van der Waals surface area contributed by atoms with Crippen LogP contribution in [0, 0.1) is 5.41 Å². The Morgan fingerprint density at radius 3 is 2.45 bits per heavy atom. The lowest BCUT2D eigenvalue weighted by molar-refractivity contribution is -0.129. The molecule has 122 valence electrons. The average Bonchev–Trinajstić information content (AvgIpc) is 2.87. The van der Waals surface area contributed by atoms with Crippen molar-refractivity contribution in [2.24, 2.45) is 11.1 Å². The molecule has 1 aromatic carbocycles. The molecule has 0 saturated carbocycles. The van der Waals surface area contributed by atoms with Crippen LogP contribution in [0.3, 0.4) is 0 Å². The summed E-state index contributed by atoms with van der Waals surface area (Å²) in [6.07, 6.45) is 0.854. The van der Waals surface area contributed by atoms with Crippen molar-refractivity contribution >= 4 is 30.0 Å². The minimum atomic E-state index is -0.592. The van der Waals surface area contributed by atoms with Crippen LogP contribution in [0.15, 0.2) is 24.3 Å². The number of halogens is 1. The molecule has 2 atom stereocenters. The predicted molar refractivity (Wildman–Crippen MR) is 89.0 cm³/mol. The van der Waals surface area contributed by atoms with Gasteiger partial charge in [-0.25, -0.2) is 4.79 Å². The third kappa shape index (κ3) is 4.35. The molecule has 0 aliphatic carbocycles. The summed E-state index contributed by atoms with van der Waals surface area (Å²) in [7, 11) is 0. The maximum absolute atomic E-state index is 12.3. The maximum atomic E-state index is 12.3. The molecule has 5 N–H and O–H groups in total. The maximum Gasteiger partial charge on any atom is 0.316 e. The van der Waals surface area contributed by atoms with Crippen LogP contribution in [0.1, 0.15) is 31.9 Å². The fourth-order valence-corrected chi connectivity index (χ4v) is 2.46. The van der Waals surface area contributed by atoms with Crippen LogP contribution >= 0.6 is 12.4 Å². The normalized spacial score (nSPS) is 21.5. The van der Waals surface area contributed by atoms with E-state index in [2.05, 4.69) is 16.0 Å². The molecule has 1 fully saturated rings. The molecule has 0 bridgehead atoms. The van der Waals surface area contributed by atoms with Gasteiger partial charge < -0.3 is 21.7 Å². The van der Waals surface area contributed by atoms with Crippen molar-refractivity contribution in [3.05, 3.63) is 29.8 Å². The number of nitrogens with one attached hydrogen (secondary N) is 3. The molecule has 22 heavy (non-hydrogen) atoms. The van der Waals surface area contributed by atoms with Crippen molar-refractivity contribution < 1.29 is 9.59 Å². The molecule has 1 heterocycles. The Morgan fingerprint density at radius 1 is 1.32 bits per heavy atom. The highest BCUT2D eigenvalue weighted by molar-refractivity contribution is 5.87. The van der Waals surface area contributed by atoms with E-state index in [0.717, 1.165) is 18.5 Å². The molecule has 0 aromatic heterocycles. The highest BCUT2D eigenvalue weighted by Crippen LogP contribution is 2.26. The highest BCUT2D eigenvalue weighted by atomic mass is 35.5. The Morgan fingerprint density at radius 2 is 1.95 bits per heavy atom. The van der Waals surface area contributed by atoms with Crippen molar-refractivity contribution in [2.75, 3.05) is 18.4 Å². The Labute approximate surface area is 136 Å². The van der Waals surface area contributed by atoms with Crippen molar-refractivity contribution in [2.45, 2.75) is 26.3 Å². The van der Waals surface area contributed by atoms with Crippen LogP contribution in [0.2, 0.25) is 0 Å². The molecule has 7 heteroatoms. The van der Waals surface area contributed by atoms with E-state index in [-0.39, 0.29) is 29.8 Å². The molecule has 2 unspecified atom stereocenters. The van der Waals surface area contributed by atoms with E-state index >= 15 is 0 Å². The number of hydrogen-bond acceptors (Lipinski definition) is 3. The molecular formula is C15H23ClN4O2. The second-order valence-electron chi connectivity index (χ2n) is 5.79. The summed E-state index contributed by atoms with van der Waals surface area (Å²) in [5.74, 6) is 0.0688. The van der Waals surface area contributed by atoms with E-state index in [1.54, 1.807) is 12.1 Å². The highest BCUT2D eigenvalue weighted by Gasteiger charge is 2.36. The third-order valence-corrected chi connectivity index (χ3v) is 3.94. The molecule has 6 nitrogen and oxygen atoms in total. The van der Waals surface area contributed by atoms with E-state index in [1.165, 1.54) is 0 Å². The van der Waals surface area contributed by atoms with Gasteiger partial charge in [0.1, 0.15) is 0 Å². The second kappa shape index (κ2) is 7.47. The molecule has 2 rings (SSSR count). The lowest BCUT2D eigenvalue weighted by Gasteiger charge is -2.24. The van der Waals surface area contributed by atoms with Gasteiger partial charge in [-0.05, 0) is 44.5 Å². The van der Waals surface area contributed by atoms with Crippen LogP contribution in [-0.4, -0.2) is 25.0 Å². The first-order valence-corrected chi connectivity index (χ1v) is 7.09. The van der Waals surface area contributed by atoms with Crippen molar-refractivity contribution in [3.63, 3.8) is 0 Å². The Kier molecular flexibility index (Phi) is 6.20. The third-order valence-electron chi connectivity index (χ3n) is 3.94. The lowest BCUT2D eigenvalue weighted by Crippen LogP contribution is -2.41. The minimum Gasteiger partial charge on any atom is -0.351 e. The summed E-state index contributed by atoms with van der Waals surface area (Å²) in [5.41, 5.74) is 6.34. The minimum absolute atomic E-state index is 0. The average molecular weight is 327 g/mol. The van der Waals surface area contributed by atoms with Crippen molar-refractivity contribution in [1.82, 2.24) is 10.6 Å². The molecule has 1 aromatic rings. The van der Waals surface area contributed by atoms with Crippen LogP contribution in [-0.2, 0) is 4.79 Å². The number of urea groups is 1. The summed E-state index contributed by atoms with van der Waals surface area (Å²) in [6.45, 7) is 5.52. The molecule has 0 spiro atoms. The van der Waals surface area contributed by atoms with Gasteiger partial charge in [-0.2, -0.15) is 0 Å². The number of carbonyl (C=O) groups excluding carboxylic acids is 2. The zero-order valence-corrected chi connectivity index (χ0v) is 13.6. The molecular weight excluding hydrogens is 304 g/mol. The number of hydrogen-bond donors (Lipinski definition) is 4. The van der Waals surface area contributed by atoms with Crippen molar-refractivity contribution in [3.8, 4) is 0 Å². The Hall–Kier alpha value is -1.79. The number of nitrogens with two attached hydrogens (primary N) is 1. The number of benzene rings is 1. The first-order chi connectivity index (χ1) is 9.90. The first-order valence-electron chi connectivity index (χ1n) is 7.09. The van der Waals surface area contributed by atoms with Crippen LogP contribution in [0.25, 0.3) is 0 Å². The number of rotatable bonds is 4. The van der Waals surface area contributed by atoms with Gasteiger partial charge in [-0.15, -0.1) is 12.4 Å². The predicted octanol–water partition coefficient (Wildman–Crippen LogP) is 1.78. The van der Waals surface area contributed by atoms with Gasteiger partial charge in [0.15, 0.2) is 0 Å². The summed E-state index contributed by atoms with van der Waals surface area (Å²) < 4.78 is 0. The largest absolute Gasteiger partial charge is 0.351 e. The van der Waals surface area contributed by atoms with Crippen LogP contribution in [0.4, 0.5) is 10.5 Å². The summed E-state index contributed by atoms with van der Waals surface area (Å²) in [5, 5.41) is 8.77. The van der Waals surface area contributed by atoms with E-state index in [4.69, 9.17) is 5.73 Å². The van der Waals surface area contributed by atoms with Gasteiger partial charge in [0.2, 0.25) is 5.91 Å². The monoisotopic (exact) mass is 326 g/mol. The van der Waals surface area contributed by atoms with Gasteiger partial charge >= 0.3 is 6.03 Å². The fraction of sp³-hybridized carbons (Fsp3) is 0.467. The standard InChI is InChI=1S/C15H22N4O2.ClH/c1-10(18-13(20)15(2)7-8-17-9-15)11-3-5-12(6-4-11)19-14(16)21;/h3-6,10,17H,7-9H2,1-2H3,(H,18,20)(H3,16,19,21);1H. The smallest absolute Gasteiger partial charge is 0.316 e. The lowest BCUT2D eigenvalue weighted by atomic mass is 9.88. The number of amides is 3.